The Labute approximate surface area is 140 Å². The lowest BCUT2D eigenvalue weighted by Gasteiger charge is -2.10. The van der Waals surface area contributed by atoms with Gasteiger partial charge in [0.1, 0.15) is 0 Å². The minimum atomic E-state index is -0.186. The van der Waals surface area contributed by atoms with Crippen LogP contribution in [0.2, 0.25) is 10.0 Å². The molecule has 0 spiro atoms. The minimum Gasteiger partial charge on any atom is -0.357 e. The van der Waals surface area contributed by atoms with Gasteiger partial charge in [-0.3, -0.25) is 9.79 Å². The van der Waals surface area contributed by atoms with Gasteiger partial charge in [-0.2, -0.15) is 0 Å². The van der Waals surface area contributed by atoms with Crippen LogP contribution in [0.5, 0.6) is 0 Å². The molecule has 1 aliphatic carbocycles. The van der Waals surface area contributed by atoms with Crippen molar-refractivity contribution in [2.75, 3.05) is 19.6 Å². The summed E-state index contributed by atoms with van der Waals surface area (Å²) in [4.78, 5) is 16.4. The van der Waals surface area contributed by atoms with Crippen molar-refractivity contribution < 1.29 is 4.79 Å². The first-order valence-corrected chi connectivity index (χ1v) is 8.14. The van der Waals surface area contributed by atoms with Gasteiger partial charge in [-0.05, 0) is 38.0 Å². The van der Waals surface area contributed by atoms with Crippen molar-refractivity contribution in [3.63, 3.8) is 0 Å². The van der Waals surface area contributed by atoms with Crippen molar-refractivity contribution in [1.29, 1.82) is 0 Å². The molecular weight excluding hydrogens is 323 g/mol. The Morgan fingerprint density at radius 3 is 2.68 bits per heavy atom. The number of carbonyl (C=O) groups excluding carboxylic acids is 1. The zero-order valence-electron chi connectivity index (χ0n) is 12.5. The summed E-state index contributed by atoms with van der Waals surface area (Å²) in [5, 5.41) is 10.1. The molecule has 1 aliphatic rings. The second-order valence-electron chi connectivity index (χ2n) is 5.06. The number of nitrogens with zero attached hydrogens (tertiary/aromatic N) is 1. The summed E-state index contributed by atoms with van der Waals surface area (Å²) in [5.41, 5.74) is 0.487. The smallest absolute Gasteiger partial charge is 0.251 e. The topological polar surface area (TPSA) is 65.5 Å². The molecule has 1 saturated carbocycles. The monoisotopic (exact) mass is 342 g/mol. The van der Waals surface area contributed by atoms with Gasteiger partial charge in [-0.25, -0.2) is 0 Å². The van der Waals surface area contributed by atoms with Gasteiger partial charge in [0.2, 0.25) is 0 Å². The Morgan fingerprint density at radius 2 is 2.05 bits per heavy atom. The highest BCUT2D eigenvalue weighted by molar-refractivity contribution is 6.42. The number of rotatable bonds is 6. The predicted octanol–water partition coefficient (Wildman–Crippen LogP) is 2.44. The van der Waals surface area contributed by atoms with Gasteiger partial charge in [0.05, 0.1) is 16.6 Å². The van der Waals surface area contributed by atoms with Gasteiger partial charge in [-0.15, -0.1) is 0 Å². The highest BCUT2D eigenvalue weighted by Crippen LogP contribution is 2.22. The Bertz CT molecular complexity index is 558. The van der Waals surface area contributed by atoms with Crippen LogP contribution in [0.3, 0.4) is 0 Å². The van der Waals surface area contributed by atoms with E-state index >= 15 is 0 Å². The van der Waals surface area contributed by atoms with E-state index in [2.05, 4.69) is 20.9 Å². The fraction of sp³-hybridized carbons (Fsp3) is 0.467. The van der Waals surface area contributed by atoms with Gasteiger partial charge >= 0.3 is 0 Å². The molecule has 1 amide bonds. The van der Waals surface area contributed by atoms with Crippen molar-refractivity contribution in [3.05, 3.63) is 33.8 Å². The largest absolute Gasteiger partial charge is 0.357 e. The molecule has 1 aromatic carbocycles. The maximum atomic E-state index is 12.0. The number of hydrogen-bond donors (Lipinski definition) is 3. The number of hydrogen-bond acceptors (Lipinski definition) is 2. The Kier molecular flexibility index (Phi) is 6.34. The van der Waals surface area contributed by atoms with Gasteiger partial charge < -0.3 is 16.0 Å². The molecular formula is C15H20Cl2N4O. The van der Waals surface area contributed by atoms with Gasteiger partial charge in [0, 0.05) is 24.7 Å². The first-order chi connectivity index (χ1) is 10.6. The van der Waals surface area contributed by atoms with Crippen molar-refractivity contribution in [1.82, 2.24) is 16.0 Å². The summed E-state index contributed by atoms with van der Waals surface area (Å²) in [6.07, 6.45) is 2.39. The summed E-state index contributed by atoms with van der Waals surface area (Å²) < 4.78 is 0. The van der Waals surface area contributed by atoms with E-state index in [9.17, 15) is 4.79 Å². The van der Waals surface area contributed by atoms with Gasteiger partial charge in [-0.1, -0.05) is 23.2 Å². The summed E-state index contributed by atoms with van der Waals surface area (Å²) in [6.45, 7) is 3.81. The van der Waals surface area contributed by atoms with Gasteiger partial charge in [0.25, 0.3) is 5.91 Å². The van der Waals surface area contributed by atoms with Crippen LogP contribution < -0.4 is 16.0 Å². The average molecular weight is 343 g/mol. The lowest BCUT2D eigenvalue weighted by molar-refractivity contribution is 0.0955. The van der Waals surface area contributed by atoms with Crippen LogP contribution in [0.4, 0.5) is 0 Å². The Hall–Kier alpha value is -1.46. The van der Waals surface area contributed by atoms with Gasteiger partial charge in [0.15, 0.2) is 5.96 Å². The lowest BCUT2D eigenvalue weighted by Crippen LogP contribution is -2.39. The summed E-state index contributed by atoms with van der Waals surface area (Å²) >= 11 is 11.7. The fourth-order valence-corrected chi connectivity index (χ4v) is 2.12. The molecule has 7 heteroatoms. The van der Waals surface area contributed by atoms with Crippen LogP contribution in [0.15, 0.2) is 23.2 Å². The second-order valence-corrected chi connectivity index (χ2v) is 5.88. The van der Waals surface area contributed by atoms with E-state index in [1.807, 2.05) is 6.92 Å². The summed E-state index contributed by atoms with van der Waals surface area (Å²) in [7, 11) is 0. The zero-order valence-corrected chi connectivity index (χ0v) is 14.0. The SMILES string of the molecule is CCNC(=NCCNC(=O)c1ccc(Cl)c(Cl)c1)NC1CC1. The molecule has 3 N–H and O–H groups in total. The normalized spacial score (nSPS) is 14.6. The molecule has 5 nitrogen and oxygen atoms in total. The van der Waals surface area contributed by atoms with Crippen LogP contribution in [0.1, 0.15) is 30.1 Å². The number of carbonyl (C=O) groups is 1. The number of amides is 1. The fourth-order valence-electron chi connectivity index (χ4n) is 1.82. The van der Waals surface area contributed by atoms with Crippen LogP contribution in [0.25, 0.3) is 0 Å². The third kappa shape index (κ3) is 5.39. The van der Waals surface area contributed by atoms with Crippen molar-refractivity contribution in [2.45, 2.75) is 25.8 Å². The highest BCUT2D eigenvalue weighted by Gasteiger charge is 2.21. The quantitative estimate of drug-likeness (QED) is 0.422. The molecule has 1 aromatic rings. The number of aliphatic imine (C=N–C) groups is 1. The number of guanidine groups is 1. The summed E-state index contributed by atoms with van der Waals surface area (Å²) in [6, 6.07) is 5.36. The predicted molar refractivity (Wildman–Crippen MR) is 90.9 cm³/mol. The van der Waals surface area contributed by atoms with E-state index < -0.39 is 0 Å². The van der Waals surface area contributed by atoms with E-state index in [1.165, 1.54) is 12.8 Å². The van der Waals surface area contributed by atoms with E-state index in [0.29, 0.717) is 34.7 Å². The first-order valence-electron chi connectivity index (χ1n) is 7.38. The third-order valence-electron chi connectivity index (χ3n) is 3.11. The van der Waals surface area contributed by atoms with Crippen molar-refractivity contribution in [2.24, 2.45) is 4.99 Å². The van der Waals surface area contributed by atoms with E-state index in [4.69, 9.17) is 23.2 Å². The average Bonchev–Trinajstić information content (AvgIpc) is 3.30. The molecule has 1 fully saturated rings. The van der Waals surface area contributed by atoms with Crippen molar-refractivity contribution >= 4 is 35.1 Å². The lowest BCUT2D eigenvalue weighted by atomic mass is 10.2. The third-order valence-corrected chi connectivity index (χ3v) is 3.85. The van der Waals surface area contributed by atoms with Crippen LogP contribution in [-0.4, -0.2) is 37.5 Å². The molecule has 120 valence electrons. The molecule has 22 heavy (non-hydrogen) atoms. The van der Waals surface area contributed by atoms with E-state index in [0.717, 1.165) is 12.5 Å². The molecule has 2 rings (SSSR count). The maximum absolute atomic E-state index is 12.0. The minimum absolute atomic E-state index is 0.186. The molecule has 0 saturated heterocycles. The number of benzene rings is 1. The van der Waals surface area contributed by atoms with Crippen LogP contribution >= 0.6 is 23.2 Å². The highest BCUT2D eigenvalue weighted by atomic mass is 35.5. The number of halogens is 2. The second kappa shape index (κ2) is 8.25. The van der Waals surface area contributed by atoms with E-state index in [-0.39, 0.29) is 5.91 Å². The molecule has 0 heterocycles. The van der Waals surface area contributed by atoms with Crippen molar-refractivity contribution in [3.8, 4) is 0 Å². The maximum Gasteiger partial charge on any atom is 0.251 e. The summed E-state index contributed by atoms with van der Waals surface area (Å²) in [5.74, 6) is 0.614. The molecule has 0 atom stereocenters. The molecule has 0 radical (unpaired) electrons. The number of nitrogens with one attached hydrogen (secondary N) is 3. The van der Waals surface area contributed by atoms with Crippen LogP contribution in [-0.2, 0) is 0 Å². The zero-order chi connectivity index (χ0) is 15.9. The standard InChI is InChI=1S/C15H20Cl2N4O/c1-2-18-15(21-11-4-5-11)20-8-7-19-14(22)10-3-6-12(16)13(17)9-10/h3,6,9,11H,2,4-5,7-8H2,1H3,(H,19,22)(H2,18,20,21). The molecule has 0 aliphatic heterocycles. The first kappa shape index (κ1) is 16.9. The molecule has 0 unspecified atom stereocenters. The molecule has 0 bridgehead atoms. The van der Waals surface area contributed by atoms with E-state index in [1.54, 1.807) is 18.2 Å². The molecule has 0 aromatic heterocycles. The Balaban J connectivity index is 1.78. The van der Waals surface area contributed by atoms with Crippen LogP contribution in [0, 0.1) is 0 Å². The Morgan fingerprint density at radius 1 is 1.27 bits per heavy atom.